The summed E-state index contributed by atoms with van der Waals surface area (Å²) in [7, 11) is 1.78. The maximum atomic E-state index is 12.1. The molecule has 0 saturated heterocycles. The summed E-state index contributed by atoms with van der Waals surface area (Å²) in [6.45, 7) is 3.22. The van der Waals surface area contributed by atoms with E-state index in [2.05, 4.69) is 10.3 Å². The van der Waals surface area contributed by atoms with Gasteiger partial charge < -0.3 is 15.3 Å². The molecule has 0 unspecified atom stereocenters. The normalized spacial score (nSPS) is 10.1. The van der Waals surface area contributed by atoms with Crippen LogP contribution in [0.25, 0.3) is 0 Å². The highest BCUT2D eigenvalue weighted by Crippen LogP contribution is 2.07. The van der Waals surface area contributed by atoms with Crippen LogP contribution in [-0.4, -0.2) is 47.6 Å². The van der Waals surface area contributed by atoms with Crippen LogP contribution in [0.2, 0.25) is 0 Å². The molecule has 1 aromatic rings. The number of pyridine rings is 1. The lowest BCUT2D eigenvalue weighted by Gasteiger charge is -2.20. The average molecular weight is 237 g/mol. The summed E-state index contributed by atoms with van der Waals surface area (Å²) in [5.74, 6) is 0.691. The van der Waals surface area contributed by atoms with Crippen LogP contribution in [0.3, 0.4) is 0 Å². The minimum absolute atomic E-state index is 0.0453. The first-order valence-electron chi connectivity index (χ1n) is 5.76. The van der Waals surface area contributed by atoms with Crippen molar-refractivity contribution in [1.82, 2.24) is 9.88 Å². The second kappa shape index (κ2) is 6.85. The number of amides is 1. The predicted molar refractivity (Wildman–Crippen MR) is 67.1 cm³/mol. The first kappa shape index (κ1) is 13.4. The quantitative estimate of drug-likeness (QED) is 0.773. The summed E-state index contributed by atoms with van der Waals surface area (Å²) < 4.78 is 0. The van der Waals surface area contributed by atoms with Gasteiger partial charge in [-0.05, 0) is 25.5 Å². The van der Waals surface area contributed by atoms with Crippen molar-refractivity contribution in [3.8, 4) is 0 Å². The van der Waals surface area contributed by atoms with Gasteiger partial charge in [0, 0.05) is 32.9 Å². The van der Waals surface area contributed by atoms with E-state index in [4.69, 9.17) is 5.11 Å². The molecule has 0 spiro atoms. The van der Waals surface area contributed by atoms with E-state index < -0.39 is 0 Å². The molecule has 0 bridgehead atoms. The van der Waals surface area contributed by atoms with E-state index in [0.29, 0.717) is 25.1 Å². The molecule has 0 fully saturated rings. The maximum Gasteiger partial charge on any atom is 0.255 e. The first-order chi connectivity index (χ1) is 8.22. The maximum absolute atomic E-state index is 12.1. The van der Waals surface area contributed by atoms with Crippen molar-refractivity contribution in [3.05, 3.63) is 23.9 Å². The lowest BCUT2D eigenvalue weighted by atomic mass is 10.2. The Labute approximate surface area is 101 Å². The molecule has 0 aromatic carbocycles. The molecule has 0 saturated carbocycles. The second-order valence-electron chi connectivity index (χ2n) is 3.64. The highest BCUT2D eigenvalue weighted by molar-refractivity contribution is 5.94. The van der Waals surface area contributed by atoms with Crippen molar-refractivity contribution in [1.29, 1.82) is 0 Å². The Balaban J connectivity index is 2.71. The summed E-state index contributed by atoms with van der Waals surface area (Å²) in [6, 6.07) is 3.52. The summed E-state index contributed by atoms with van der Waals surface area (Å²) in [5, 5.41) is 11.7. The highest BCUT2D eigenvalue weighted by Gasteiger charge is 2.13. The van der Waals surface area contributed by atoms with E-state index in [-0.39, 0.29) is 12.5 Å². The number of aromatic nitrogens is 1. The lowest BCUT2D eigenvalue weighted by Crippen LogP contribution is -2.32. The Morgan fingerprint density at radius 2 is 2.29 bits per heavy atom. The Kier molecular flexibility index (Phi) is 5.42. The van der Waals surface area contributed by atoms with Crippen LogP contribution >= 0.6 is 0 Å². The van der Waals surface area contributed by atoms with E-state index in [1.165, 1.54) is 0 Å². The fourth-order valence-corrected chi connectivity index (χ4v) is 1.52. The van der Waals surface area contributed by atoms with Gasteiger partial charge in [-0.15, -0.1) is 0 Å². The standard InChI is InChI=1S/C12H19N3O2/c1-3-15(7-4-8-16)12(17)10-5-6-11(13-2)14-9-10/h5-6,9,16H,3-4,7-8H2,1-2H3,(H,13,14). The number of anilines is 1. The number of nitrogens with zero attached hydrogens (tertiary/aromatic N) is 2. The average Bonchev–Trinajstić information content (AvgIpc) is 2.39. The van der Waals surface area contributed by atoms with Gasteiger partial charge in [0.2, 0.25) is 0 Å². The van der Waals surface area contributed by atoms with Crippen LogP contribution in [0.4, 0.5) is 5.82 Å². The fourth-order valence-electron chi connectivity index (χ4n) is 1.52. The SMILES string of the molecule is CCN(CCCO)C(=O)c1ccc(NC)nc1. The van der Waals surface area contributed by atoms with Crippen LogP contribution in [0.5, 0.6) is 0 Å². The number of carbonyl (C=O) groups is 1. The molecule has 1 aromatic heterocycles. The van der Waals surface area contributed by atoms with Crippen molar-refractivity contribution < 1.29 is 9.90 Å². The van der Waals surface area contributed by atoms with Crippen molar-refractivity contribution in [2.24, 2.45) is 0 Å². The number of nitrogens with one attached hydrogen (secondary N) is 1. The number of rotatable bonds is 6. The van der Waals surface area contributed by atoms with E-state index in [0.717, 1.165) is 5.82 Å². The van der Waals surface area contributed by atoms with Crippen molar-refractivity contribution in [2.75, 3.05) is 32.1 Å². The lowest BCUT2D eigenvalue weighted by molar-refractivity contribution is 0.0754. The van der Waals surface area contributed by atoms with E-state index in [9.17, 15) is 4.79 Å². The van der Waals surface area contributed by atoms with Crippen molar-refractivity contribution in [2.45, 2.75) is 13.3 Å². The number of aliphatic hydroxyl groups excluding tert-OH is 1. The van der Waals surface area contributed by atoms with Crippen LogP contribution in [0.1, 0.15) is 23.7 Å². The van der Waals surface area contributed by atoms with Gasteiger partial charge in [-0.1, -0.05) is 0 Å². The number of aliphatic hydroxyl groups is 1. The van der Waals surface area contributed by atoms with Gasteiger partial charge >= 0.3 is 0 Å². The van der Waals surface area contributed by atoms with E-state index >= 15 is 0 Å². The Bertz CT molecular complexity index is 351. The third-order valence-electron chi connectivity index (χ3n) is 2.52. The first-order valence-corrected chi connectivity index (χ1v) is 5.76. The fraction of sp³-hybridized carbons (Fsp3) is 0.500. The topological polar surface area (TPSA) is 65.5 Å². The molecule has 17 heavy (non-hydrogen) atoms. The van der Waals surface area contributed by atoms with Gasteiger partial charge in [-0.3, -0.25) is 4.79 Å². The zero-order chi connectivity index (χ0) is 12.7. The van der Waals surface area contributed by atoms with Gasteiger partial charge in [0.1, 0.15) is 5.82 Å². The summed E-state index contributed by atoms with van der Waals surface area (Å²) in [4.78, 5) is 17.9. The van der Waals surface area contributed by atoms with Gasteiger partial charge in [0.25, 0.3) is 5.91 Å². The van der Waals surface area contributed by atoms with Crippen LogP contribution in [0, 0.1) is 0 Å². The Hall–Kier alpha value is -1.62. The van der Waals surface area contributed by atoms with Crippen LogP contribution in [0.15, 0.2) is 18.3 Å². The third kappa shape index (κ3) is 3.71. The molecule has 0 radical (unpaired) electrons. The van der Waals surface area contributed by atoms with Gasteiger partial charge in [0.15, 0.2) is 0 Å². The zero-order valence-corrected chi connectivity index (χ0v) is 10.3. The minimum Gasteiger partial charge on any atom is -0.396 e. The monoisotopic (exact) mass is 237 g/mol. The molecule has 2 N–H and O–H groups in total. The summed E-state index contributed by atoms with van der Waals surface area (Å²) in [6.07, 6.45) is 2.16. The molecule has 0 aliphatic carbocycles. The molecule has 94 valence electrons. The molecular weight excluding hydrogens is 218 g/mol. The van der Waals surface area contributed by atoms with Crippen molar-refractivity contribution >= 4 is 11.7 Å². The third-order valence-corrected chi connectivity index (χ3v) is 2.52. The van der Waals surface area contributed by atoms with Gasteiger partial charge in [0.05, 0.1) is 5.56 Å². The molecule has 5 nitrogen and oxygen atoms in total. The molecule has 0 aliphatic rings. The minimum atomic E-state index is -0.0453. The number of carbonyl (C=O) groups excluding carboxylic acids is 1. The summed E-state index contributed by atoms with van der Waals surface area (Å²) in [5.41, 5.74) is 0.573. The number of hydrogen-bond donors (Lipinski definition) is 2. The molecular formula is C12H19N3O2. The molecule has 1 rings (SSSR count). The van der Waals surface area contributed by atoms with Gasteiger partial charge in [-0.25, -0.2) is 4.98 Å². The zero-order valence-electron chi connectivity index (χ0n) is 10.3. The van der Waals surface area contributed by atoms with E-state index in [1.807, 2.05) is 6.92 Å². The smallest absolute Gasteiger partial charge is 0.255 e. The predicted octanol–water partition coefficient (Wildman–Crippen LogP) is 0.968. The second-order valence-corrected chi connectivity index (χ2v) is 3.64. The van der Waals surface area contributed by atoms with E-state index in [1.54, 1.807) is 30.3 Å². The molecule has 5 heteroatoms. The summed E-state index contributed by atoms with van der Waals surface area (Å²) >= 11 is 0. The largest absolute Gasteiger partial charge is 0.396 e. The molecule has 0 atom stereocenters. The molecule has 1 amide bonds. The molecule has 1 heterocycles. The Morgan fingerprint density at radius 3 is 2.76 bits per heavy atom. The Morgan fingerprint density at radius 1 is 1.53 bits per heavy atom. The van der Waals surface area contributed by atoms with Crippen molar-refractivity contribution in [3.63, 3.8) is 0 Å². The van der Waals surface area contributed by atoms with Crippen LogP contribution in [-0.2, 0) is 0 Å². The number of hydrogen-bond acceptors (Lipinski definition) is 4. The van der Waals surface area contributed by atoms with Gasteiger partial charge in [-0.2, -0.15) is 0 Å². The molecule has 0 aliphatic heterocycles. The highest BCUT2D eigenvalue weighted by atomic mass is 16.3. The van der Waals surface area contributed by atoms with Crippen LogP contribution < -0.4 is 5.32 Å².